The Morgan fingerprint density at radius 2 is 1.35 bits per heavy atom. The fourth-order valence-electron chi connectivity index (χ4n) is 1.68. The predicted molar refractivity (Wildman–Crippen MR) is 69.9 cm³/mol. The summed E-state index contributed by atoms with van der Waals surface area (Å²) in [5.41, 5.74) is 2.96. The van der Waals surface area contributed by atoms with Crippen LogP contribution in [0.15, 0.2) is 54.6 Å². The highest BCUT2D eigenvalue weighted by Crippen LogP contribution is 2.19. The molecule has 2 aromatic rings. The number of benzene rings is 2. The Bertz CT molecular complexity index is 584. The highest BCUT2D eigenvalue weighted by Gasteiger charge is 2.04. The Labute approximate surface area is 102 Å². The zero-order chi connectivity index (χ0) is 12.3. The van der Waals surface area contributed by atoms with Crippen LogP contribution >= 0.6 is 0 Å². The maximum absolute atomic E-state index is 11.0. The van der Waals surface area contributed by atoms with Crippen LogP contribution < -0.4 is 0 Å². The largest absolute Gasteiger partial charge is 0.228 e. The van der Waals surface area contributed by atoms with Crippen molar-refractivity contribution in [1.82, 2.24) is 0 Å². The summed E-state index contributed by atoms with van der Waals surface area (Å²) >= 11 is 0. The Hall–Kier alpha value is -1.61. The lowest BCUT2D eigenvalue weighted by Crippen LogP contribution is -1.97. The molecule has 0 aliphatic carbocycles. The monoisotopic (exact) mass is 245 g/mol. The summed E-state index contributed by atoms with van der Waals surface area (Å²) in [5, 5.41) is 0. The normalized spacial score (nSPS) is 11.4. The van der Waals surface area contributed by atoms with Gasteiger partial charge >= 0.3 is 0 Å². The Morgan fingerprint density at radius 3 is 1.88 bits per heavy atom. The van der Waals surface area contributed by atoms with Crippen LogP contribution in [0.4, 0.5) is 0 Å². The lowest BCUT2D eigenvalue weighted by molar-refractivity contribution is 0.603. The van der Waals surface area contributed by atoms with E-state index in [0.717, 1.165) is 16.7 Å². The maximum atomic E-state index is 11.0. The van der Waals surface area contributed by atoms with Gasteiger partial charge in [-0.05, 0) is 16.7 Å². The summed E-state index contributed by atoms with van der Waals surface area (Å²) in [6, 6.07) is 17.5. The topological polar surface area (TPSA) is 34.1 Å². The van der Waals surface area contributed by atoms with Gasteiger partial charge in [-0.25, -0.2) is 8.42 Å². The van der Waals surface area contributed by atoms with Gasteiger partial charge in [0, 0.05) is 0 Å². The molecule has 87 valence electrons. The van der Waals surface area contributed by atoms with E-state index >= 15 is 0 Å². The lowest BCUT2D eigenvalue weighted by atomic mass is 10.0. The molecular weight excluding hydrogens is 232 g/mol. The first kappa shape index (κ1) is 11.9. The van der Waals surface area contributed by atoms with Crippen LogP contribution in [0.3, 0.4) is 0 Å². The van der Waals surface area contributed by atoms with Crippen molar-refractivity contribution in [2.24, 2.45) is 0 Å². The maximum Gasteiger partial charge on any atom is 0.155 e. The highest BCUT2D eigenvalue weighted by atomic mass is 32.2. The molecule has 0 fully saturated rings. The van der Waals surface area contributed by atoms with E-state index < -0.39 is 9.84 Å². The molecular formula is C14H13O2S. The predicted octanol–water partition coefficient (Wildman–Crippen LogP) is 3.06. The molecule has 0 saturated carbocycles. The van der Waals surface area contributed by atoms with Gasteiger partial charge in [0.25, 0.3) is 0 Å². The van der Waals surface area contributed by atoms with Crippen LogP contribution in [0, 0.1) is 6.26 Å². The fraction of sp³-hybridized carbons (Fsp3) is 0.0714. The molecule has 2 aromatic carbocycles. The molecule has 0 heterocycles. The molecule has 2 nitrogen and oxygen atoms in total. The zero-order valence-electron chi connectivity index (χ0n) is 9.34. The molecule has 0 saturated heterocycles. The molecule has 0 atom stereocenters. The lowest BCUT2D eigenvalue weighted by Gasteiger charge is -2.03. The van der Waals surface area contributed by atoms with E-state index in [1.165, 1.54) is 0 Å². The average molecular weight is 245 g/mol. The van der Waals surface area contributed by atoms with Gasteiger partial charge < -0.3 is 0 Å². The second kappa shape index (κ2) is 4.72. The third kappa shape index (κ3) is 3.43. The van der Waals surface area contributed by atoms with Crippen molar-refractivity contribution in [1.29, 1.82) is 0 Å². The van der Waals surface area contributed by atoms with Gasteiger partial charge in [-0.2, -0.15) is 0 Å². The minimum absolute atomic E-state index is 0.0118. The third-order valence-corrected chi connectivity index (χ3v) is 3.22. The second-order valence-corrected chi connectivity index (χ2v) is 5.73. The standard InChI is InChI=1S/C14H13O2S/c1-17(15,16)11-12-7-9-14(10-8-12)13-5-3-2-4-6-13/h2-10H,1,11H2. The Morgan fingerprint density at radius 1 is 0.824 bits per heavy atom. The summed E-state index contributed by atoms with van der Waals surface area (Å²) in [6.45, 7) is 0. The third-order valence-electron chi connectivity index (χ3n) is 2.45. The number of hydrogen-bond donors (Lipinski definition) is 0. The van der Waals surface area contributed by atoms with Crippen molar-refractivity contribution in [3.05, 3.63) is 66.4 Å². The second-order valence-electron chi connectivity index (χ2n) is 3.95. The van der Waals surface area contributed by atoms with Crippen LogP contribution in [0.1, 0.15) is 5.56 Å². The number of sulfone groups is 1. The Kier molecular flexibility index (Phi) is 3.29. The first-order chi connectivity index (χ1) is 8.04. The van der Waals surface area contributed by atoms with Gasteiger partial charge in [0.15, 0.2) is 9.84 Å². The summed E-state index contributed by atoms with van der Waals surface area (Å²) < 4.78 is 22.1. The molecule has 17 heavy (non-hydrogen) atoms. The van der Waals surface area contributed by atoms with E-state index in [0.29, 0.717) is 0 Å². The smallest absolute Gasteiger partial charge is 0.155 e. The molecule has 3 heteroatoms. The van der Waals surface area contributed by atoms with Gasteiger partial charge in [0.1, 0.15) is 0 Å². The summed E-state index contributed by atoms with van der Waals surface area (Å²) in [5.74, 6) is -0.0118. The molecule has 2 rings (SSSR count). The summed E-state index contributed by atoms with van der Waals surface area (Å²) in [4.78, 5) is 0. The zero-order valence-corrected chi connectivity index (χ0v) is 10.2. The average Bonchev–Trinajstić information content (AvgIpc) is 2.29. The van der Waals surface area contributed by atoms with E-state index in [-0.39, 0.29) is 5.75 Å². The fourth-order valence-corrected chi connectivity index (χ4v) is 2.38. The summed E-state index contributed by atoms with van der Waals surface area (Å²) in [7, 11) is -3.20. The van der Waals surface area contributed by atoms with Crippen LogP contribution in [-0.2, 0) is 15.6 Å². The molecule has 0 aliphatic rings. The van der Waals surface area contributed by atoms with E-state index in [4.69, 9.17) is 0 Å². The van der Waals surface area contributed by atoms with Crippen LogP contribution in [0.5, 0.6) is 0 Å². The SMILES string of the molecule is [CH2]S(=O)(=O)Cc1ccc(-c2ccccc2)cc1. The molecule has 0 amide bonds. The molecule has 0 spiro atoms. The highest BCUT2D eigenvalue weighted by molar-refractivity contribution is 7.91. The molecule has 0 aromatic heterocycles. The van der Waals surface area contributed by atoms with Gasteiger partial charge in [0.05, 0.1) is 12.0 Å². The van der Waals surface area contributed by atoms with Crippen molar-refractivity contribution in [2.45, 2.75) is 5.75 Å². The quantitative estimate of drug-likeness (QED) is 0.832. The van der Waals surface area contributed by atoms with Crippen molar-refractivity contribution in [2.75, 3.05) is 0 Å². The number of rotatable bonds is 3. The molecule has 0 unspecified atom stereocenters. The minimum Gasteiger partial charge on any atom is -0.228 e. The molecule has 1 radical (unpaired) electrons. The van der Waals surface area contributed by atoms with E-state index in [9.17, 15) is 8.42 Å². The van der Waals surface area contributed by atoms with Crippen molar-refractivity contribution >= 4 is 9.84 Å². The first-order valence-corrected chi connectivity index (χ1v) is 7.07. The Balaban J connectivity index is 2.25. The van der Waals surface area contributed by atoms with Gasteiger partial charge in [-0.1, -0.05) is 54.6 Å². The minimum atomic E-state index is -3.20. The summed E-state index contributed by atoms with van der Waals surface area (Å²) in [6.07, 6.45) is 3.12. The van der Waals surface area contributed by atoms with E-state index in [2.05, 4.69) is 6.26 Å². The molecule has 0 bridgehead atoms. The van der Waals surface area contributed by atoms with Gasteiger partial charge in [-0.3, -0.25) is 0 Å². The van der Waals surface area contributed by atoms with E-state index in [1.807, 2.05) is 54.6 Å². The molecule has 0 aliphatic heterocycles. The van der Waals surface area contributed by atoms with Crippen molar-refractivity contribution < 1.29 is 8.42 Å². The van der Waals surface area contributed by atoms with E-state index in [1.54, 1.807) is 0 Å². The van der Waals surface area contributed by atoms with Crippen LogP contribution in [0.2, 0.25) is 0 Å². The van der Waals surface area contributed by atoms with Crippen LogP contribution in [-0.4, -0.2) is 8.42 Å². The van der Waals surface area contributed by atoms with Gasteiger partial charge in [-0.15, -0.1) is 0 Å². The van der Waals surface area contributed by atoms with Crippen LogP contribution in [0.25, 0.3) is 11.1 Å². The van der Waals surface area contributed by atoms with Gasteiger partial charge in [0.2, 0.25) is 0 Å². The molecule has 0 N–H and O–H groups in total. The number of hydrogen-bond acceptors (Lipinski definition) is 2. The van der Waals surface area contributed by atoms with Crippen molar-refractivity contribution in [3.8, 4) is 11.1 Å². The first-order valence-electron chi connectivity index (χ1n) is 5.25. The van der Waals surface area contributed by atoms with Crippen molar-refractivity contribution in [3.63, 3.8) is 0 Å².